The first-order valence-electron chi connectivity index (χ1n) is 7.58. The lowest BCUT2D eigenvalue weighted by Crippen LogP contribution is -2.20. The van der Waals surface area contributed by atoms with Crippen molar-refractivity contribution < 1.29 is 19.0 Å². The van der Waals surface area contributed by atoms with Crippen LogP contribution in [0.15, 0.2) is 42.5 Å². The monoisotopic (exact) mass is 361 g/mol. The van der Waals surface area contributed by atoms with Crippen LogP contribution in [0.5, 0.6) is 17.2 Å². The van der Waals surface area contributed by atoms with E-state index in [1.807, 2.05) is 24.3 Å². The van der Waals surface area contributed by atoms with Gasteiger partial charge < -0.3 is 19.5 Å². The highest BCUT2D eigenvalue weighted by Crippen LogP contribution is 2.32. The number of rotatable bonds is 7. The summed E-state index contributed by atoms with van der Waals surface area (Å²) in [6.45, 7) is 0.272. The third-order valence-corrected chi connectivity index (χ3v) is 3.91. The average Bonchev–Trinajstić information content (AvgIpc) is 2.65. The van der Waals surface area contributed by atoms with E-state index in [9.17, 15) is 4.79 Å². The fourth-order valence-electron chi connectivity index (χ4n) is 2.24. The summed E-state index contributed by atoms with van der Waals surface area (Å²) in [5.74, 6) is 1.56. The maximum Gasteiger partial charge on any atom is 0.244 e. The number of hydrogen-bond donors (Lipinski definition) is 1. The molecule has 6 heteroatoms. The topological polar surface area (TPSA) is 56.8 Å². The molecule has 0 saturated heterocycles. The van der Waals surface area contributed by atoms with Crippen molar-refractivity contribution in [2.45, 2.75) is 6.54 Å². The first kappa shape index (κ1) is 18.7. The minimum atomic E-state index is -0.239. The van der Waals surface area contributed by atoms with Gasteiger partial charge in [-0.1, -0.05) is 29.8 Å². The Balaban J connectivity index is 2.04. The molecule has 0 atom stereocenters. The van der Waals surface area contributed by atoms with Gasteiger partial charge in [-0.15, -0.1) is 0 Å². The first-order chi connectivity index (χ1) is 12.1. The molecule has 2 aromatic rings. The number of ether oxygens (including phenoxy) is 3. The Hall–Kier alpha value is -2.66. The number of carbonyl (C=O) groups is 1. The van der Waals surface area contributed by atoms with Crippen LogP contribution >= 0.6 is 11.6 Å². The Morgan fingerprint density at radius 3 is 2.36 bits per heavy atom. The molecule has 1 N–H and O–H groups in total. The number of amides is 1. The summed E-state index contributed by atoms with van der Waals surface area (Å²) in [7, 11) is 4.67. The second-order valence-corrected chi connectivity index (χ2v) is 5.50. The number of halogens is 1. The van der Waals surface area contributed by atoms with Crippen molar-refractivity contribution >= 4 is 23.6 Å². The zero-order valence-corrected chi connectivity index (χ0v) is 15.1. The van der Waals surface area contributed by atoms with Crippen LogP contribution in [0.3, 0.4) is 0 Å². The van der Waals surface area contributed by atoms with Gasteiger partial charge in [0.1, 0.15) is 5.75 Å². The fourth-order valence-corrected chi connectivity index (χ4v) is 2.46. The summed E-state index contributed by atoms with van der Waals surface area (Å²) < 4.78 is 15.7. The molecule has 2 rings (SSSR count). The summed E-state index contributed by atoms with van der Waals surface area (Å²) in [5.41, 5.74) is 1.56. The van der Waals surface area contributed by atoms with Gasteiger partial charge in [0.15, 0.2) is 11.5 Å². The third-order valence-electron chi connectivity index (χ3n) is 3.56. The molecule has 5 nitrogen and oxygen atoms in total. The Morgan fingerprint density at radius 2 is 1.68 bits per heavy atom. The molecule has 0 heterocycles. The fraction of sp³-hybridized carbons (Fsp3) is 0.211. The second kappa shape index (κ2) is 8.99. The van der Waals surface area contributed by atoms with Gasteiger partial charge in [-0.05, 0) is 23.8 Å². The lowest BCUT2D eigenvalue weighted by atomic mass is 10.1. The molecule has 0 saturated carbocycles. The predicted molar refractivity (Wildman–Crippen MR) is 98.4 cm³/mol. The maximum absolute atomic E-state index is 12.0. The summed E-state index contributed by atoms with van der Waals surface area (Å²) in [4.78, 5) is 12.0. The van der Waals surface area contributed by atoms with Gasteiger partial charge in [0.05, 0.1) is 21.3 Å². The number of benzene rings is 2. The van der Waals surface area contributed by atoms with E-state index >= 15 is 0 Å². The maximum atomic E-state index is 12.0. The van der Waals surface area contributed by atoms with Crippen LogP contribution in [0, 0.1) is 0 Å². The van der Waals surface area contributed by atoms with Gasteiger partial charge in [-0.2, -0.15) is 0 Å². The molecule has 0 aliphatic carbocycles. The number of methoxy groups -OCH3 is 3. The Morgan fingerprint density at radius 1 is 1.04 bits per heavy atom. The van der Waals surface area contributed by atoms with E-state index in [4.69, 9.17) is 25.8 Å². The number of carbonyl (C=O) groups excluding carboxylic acids is 1. The molecule has 0 spiro atoms. The summed E-state index contributed by atoms with van der Waals surface area (Å²) in [6.07, 6.45) is 3.15. The van der Waals surface area contributed by atoms with E-state index in [2.05, 4.69) is 5.32 Å². The van der Waals surface area contributed by atoms with E-state index in [1.54, 1.807) is 32.4 Å². The van der Waals surface area contributed by atoms with Crippen LogP contribution in [0.4, 0.5) is 0 Å². The van der Waals surface area contributed by atoms with Crippen LogP contribution < -0.4 is 19.5 Å². The summed E-state index contributed by atoms with van der Waals surface area (Å²) in [6, 6.07) is 10.9. The minimum absolute atomic E-state index is 0.239. The van der Waals surface area contributed by atoms with Gasteiger partial charge >= 0.3 is 0 Å². The molecule has 1 amide bonds. The molecule has 0 aliphatic rings. The quantitative estimate of drug-likeness (QED) is 0.764. The molecule has 0 unspecified atom stereocenters. The number of hydrogen-bond acceptors (Lipinski definition) is 4. The molecule has 0 fully saturated rings. The highest BCUT2D eigenvalue weighted by molar-refractivity contribution is 6.31. The van der Waals surface area contributed by atoms with Crippen LogP contribution in [-0.2, 0) is 11.3 Å². The van der Waals surface area contributed by atoms with Crippen molar-refractivity contribution in [2.24, 2.45) is 0 Å². The van der Waals surface area contributed by atoms with E-state index in [1.165, 1.54) is 13.2 Å². The van der Waals surface area contributed by atoms with Gasteiger partial charge in [-0.3, -0.25) is 4.79 Å². The van der Waals surface area contributed by atoms with Crippen LogP contribution in [-0.4, -0.2) is 27.2 Å². The highest BCUT2D eigenvalue weighted by atomic mass is 35.5. The van der Waals surface area contributed by atoms with Gasteiger partial charge in [0.25, 0.3) is 0 Å². The molecule has 0 aliphatic heterocycles. The SMILES string of the molecule is COc1ccccc1/C=C/C(=O)NCc1cc(OC)c(OC)cc1Cl. The van der Waals surface area contributed by atoms with Crippen molar-refractivity contribution in [3.8, 4) is 17.2 Å². The summed E-state index contributed by atoms with van der Waals surface area (Å²) >= 11 is 6.21. The van der Waals surface area contributed by atoms with Crippen molar-refractivity contribution in [1.82, 2.24) is 5.32 Å². The van der Waals surface area contributed by atoms with Crippen LogP contribution in [0.1, 0.15) is 11.1 Å². The van der Waals surface area contributed by atoms with E-state index in [0.29, 0.717) is 22.3 Å². The van der Waals surface area contributed by atoms with Gasteiger partial charge in [0.2, 0.25) is 5.91 Å². The number of para-hydroxylation sites is 1. The van der Waals surface area contributed by atoms with Crippen LogP contribution in [0.2, 0.25) is 5.02 Å². The zero-order chi connectivity index (χ0) is 18.2. The largest absolute Gasteiger partial charge is 0.496 e. The van der Waals surface area contributed by atoms with Crippen molar-refractivity contribution in [3.63, 3.8) is 0 Å². The Labute approximate surface area is 152 Å². The van der Waals surface area contributed by atoms with Crippen molar-refractivity contribution in [2.75, 3.05) is 21.3 Å². The Kier molecular flexibility index (Phi) is 6.71. The lowest BCUT2D eigenvalue weighted by Gasteiger charge is -2.12. The second-order valence-electron chi connectivity index (χ2n) is 5.09. The normalized spacial score (nSPS) is 10.6. The molecular formula is C19H20ClNO4. The average molecular weight is 362 g/mol. The highest BCUT2D eigenvalue weighted by Gasteiger charge is 2.10. The molecule has 2 aromatic carbocycles. The minimum Gasteiger partial charge on any atom is -0.496 e. The van der Waals surface area contributed by atoms with Gasteiger partial charge in [0, 0.05) is 29.3 Å². The first-order valence-corrected chi connectivity index (χ1v) is 7.96. The zero-order valence-electron chi connectivity index (χ0n) is 14.3. The van der Waals surface area contributed by atoms with E-state index in [-0.39, 0.29) is 12.5 Å². The van der Waals surface area contributed by atoms with Crippen LogP contribution in [0.25, 0.3) is 6.08 Å². The van der Waals surface area contributed by atoms with Gasteiger partial charge in [-0.25, -0.2) is 0 Å². The van der Waals surface area contributed by atoms with E-state index < -0.39 is 0 Å². The molecule has 0 radical (unpaired) electrons. The molecule has 0 bridgehead atoms. The summed E-state index contributed by atoms with van der Waals surface area (Å²) in [5, 5.41) is 3.28. The molecule has 0 aromatic heterocycles. The Bertz CT molecular complexity index is 774. The van der Waals surface area contributed by atoms with Crippen molar-refractivity contribution in [1.29, 1.82) is 0 Å². The lowest BCUT2D eigenvalue weighted by molar-refractivity contribution is -0.116. The molecule has 132 valence electrons. The molecule has 25 heavy (non-hydrogen) atoms. The predicted octanol–water partition coefficient (Wildman–Crippen LogP) is 3.70. The number of nitrogens with one attached hydrogen (secondary N) is 1. The van der Waals surface area contributed by atoms with E-state index in [0.717, 1.165) is 11.1 Å². The third kappa shape index (κ3) is 4.90. The molecular weight excluding hydrogens is 342 g/mol. The van der Waals surface area contributed by atoms with Crippen molar-refractivity contribution in [3.05, 3.63) is 58.6 Å². The smallest absolute Gasteiger partial charge is 0.244 e. The standard InChI is InChI=1S/C19H20ClNO4/c1-23-16-7-5-4-6-13(16)8-9-19(22)21-12-14-10-17(24-2)18(25-3)11-15(14)20/h4-11H,12H2,1-3H3,(H,21,22)/b9-8+.